The van der Waals surface area contributed by atoms with Crippen molar-refractivity contribution in [2.75, 3.05) is 12.4 Å². The molecule has 0 aliphatic carbocycles. The number of hydrogen-bond donors (Lipinski definition) is 1. The van der Waals surface area contributed by atoms with E-state index < -0.39 is 11.7 Å². The Morgan fingerprint density at radius 2 is 1.92 bits per heavy atom. The summed E-state index contributed by atoms with van der Waals surface area (Å²) < 4.78 is 5.09. The third kappa shape index (κ3) is 5.33. The zero-order valence-electron chi connectivity index (χ0n) is 13.7. The summed E-state index contributed by atoms with van der Waals surface area (Å²) in [5.41, 5.74) is 1.69. The van der Waals surface area contributed by atoms with Crippen molar-refractivity contribution in [3.8, 4) is 11.8 Å². The van der Waals surface area contributed by atoms with E-state index in [9.17, 15) is 9.59 Å². The zero-order chi connectivity index (χ0) is 18.2. The summed E-state index contributed by atoms with van der Waals surface area (Å²) in [4.78, 5) is 23.9. The van der Waals surface area contributed by atoms with Crippen molar-refractivity contribution >= 4 is 29.0 Å². The summed E-state index contributed by atoms with van der Waals surface area (Å²) in [5.74, 6) is -0.415. The van der Waals surface area contributed by atoms with Crippen LogP contribution >= 0.6 is 11.6 Å². The predicted octanol–water partition coefficient (Wildman–Crippen LogP) is 3.75. The standard InChI is InChI=1S/C19H17ClN2O3/c1-25-16-8-5-13(6-9-16)3-2-4-18(23)19(24)22-15-7-10-17(20)14(11-15)12-21/h5-11H,2-4H2,1H3,(H,22,24). The van der Waals surface area contributed by atoms with E-state index in [0.29, 0.717) is 23.6 Å². The minimum absolute atomic E-state index is 0.149. The van der Waals surface area contributed by atoms with Gasteiger partial charge in [0.1, 0.15) is 11.8 Å². The number of ketones is 1. The molecule has 2 aromatic rings. The van der Waals surface area contributed by atoms with Crippen LogP contribution in [-0.4, -0.2) is 18.8 Å². The van der Waals surface area contributed by atoms with Gasteiger partial charge >= 0.3 is 0 Å². The van der Waals surface area contributed by atoms with E-state index in [-0.39, 0.29) is 12.0 Å². The van der Waals surface area contributed by atoms with Crippen LogP contribution in [0.4, 0.5) is 5.69 Å². The number of nitrogens with one attached hydrogen (secondary N) is 1. The van der Waals surface area contributed by atoms with Gasteiger partial charge in [0.05, 0.1) is 17.7 Å². The lowest BCUT2D eigenvalue weighted by Gasteiger charge is -2.06. The minimum Gasteiger partial charge on any atom is -0.497 e. The monoisotopic (exact) mass is 356 g/mol. The number of rotatable bonds is 7. The fourth-order valence-electron chi connectivity index (χ4n) is 2.25. The first kappa shape index (κ1) is 18.5. The van der Waals surface area contributed by atoms with E-state index in [1.807, 2.05) is 30.3 Å². The van der Waals surface area contributed by atoms with Gasteiger partial charge in [0.15, 0.2) is 0 Å². The van der Waals surface area contributed by atoms with Crippen LogP contribution in [0.2, 0.25) is 5.02 Å². The molecule has 0 aliphatic heterocycles. The number of methoxy groups -OCH3 is 1. The molecule has 0 fully saturated rings. The molecule has 2 rings (SSSR count). The number of aryl methyl sites for hydroxylation is 1. The third-order valence-electron chi connectivity index (χ3n) is 3.63. The predicted molar refractivity (Wildman–Crippen MR) is 95.7 cm³/mol. The van der Waals surface area contributed by atoms with Crippen LogP contribution in [0.3, 0.4) is 0 Å². The fourth-order valence-corrected chi connectivity index (χ4v) is 2.41. The topological polar surface area (TPSA) is 79.2 Å². The van der Waals surface area contributed by atoms with Crippen LogP contribution in [-0.2, 0) is 16.0 Å². The molecule has 6 heteroatoms. The number of Topliss-reactive ketones (excluding diaryl/α,β-unsaturated/α-hetero) is 1. The summed E-state index contributed by atoms with van der Waals surface area (Å²) in [6, 6.07) is 14.0. The highest BCUT2D eigenvalue weighted by molar-refractivity contribution is 6.40. The van der Waals surface area contributed by atoms with Crippen LogP contribution in [0, 0.1) is 11.3 Å². The lowest BCUT2D eigenvalue weighted by Crippen LogP contribution is -2.22. The Bertz CT molecular complexity index is 810. The molecule has 0 spiro atoms. The van der Waals surface area contributed by atoms with Gasteiger partial charge in [-0.05, 0) is 48.7 Å². The van der Waals surface area contributed by atoms with Crippen molar-refractivity contribution in [3.63, 3.8) is 0 Å². The molecule has 1 amide bonds. The molecule has 0 atom stereocenters. The highest BCUT2D eigenvalue weighted by Crippen LogP contribution is 2.20. The fraction of sp³-hybridized carbons (Fsp3) is 0.211. The van der Waals surface area contributed by atoms with Gasteiger partial charge < -0.3 is 10.1 Å². The first-order valence-corrected chi connectivity index (χ1v) is 8.08. The van der Waals surface area contributed by atoms with Crippen LogP contribution in [0.15, 0.2) is 42.5 Å². The minimum atomic E-state index is -0.694. The van der Waals surface area contributed by atoms with Gasteiger partial charge in [0.25, 0.3) is 5.91 Å². The second kappa shape index (κ2) is 8.86. The number of anilines is 1. The maximum absolute atomic E-state index is 11.9. The summed E-state index contributed by atoms with van der Waals surface area (Å²) >= 11 is 5.83. The van der Waals surface area contributed by atoms with Gasteiger partial charge in [0.2, 0.25) is 5.78 Å². The number of nitriles is 1. The molecule has 0 saturated heterocycles. The molecule has 0 heterocycles. The molecule has 0 aliphatic rings. The number of carbonyl (C=O) groups is 2. The lowest BCUT2D eigenvalue weighted by molar-refractivity contribution is -0.134. The second-order valence-electron chi connectivity index (χ2n) is 5.39. The number of amides is 1. The highest BCUT2D eigenvalue weighted by Gasteiger charge is 2.14. The quantitative estimate of drug-likeness (QED) is 0.766. The van der Waals surface area contributed by atoms with Gasteiger partial charge in [-0.1, -0.05) is 23.7 Å². The molecule has 0 saturated carbocycles. The Morgan fingerprint density at radius 3 is 2.56 bits per heavy atom. The summed E-state index contributed by atoms with van der Waals surface area (Å²) in [5, 5.41) is 11.7. The van der Waals surface area contributed by atoms with Crippen molar-refractivity contribution < 1.29 is 14.3 Å². The van der Waals surface area contributed by atoms with Crippen molar-refractivity contribution in [2.45, 2.75) is 19.3 Å². The SMILES string of the molecule is COc1ccc(CCCC(=O)C(=O)Nc2ccc(Cl)c(C#N)c2)cc1. The Balaban J connectivity index is 1.83. The van der Waals surface area contributed by atoms with Gasteiger partial charge in [0, 0.05) is 12.1 Å². The molecule has 1 N–H and O–H groups in total. The molecule has 5 nitrogen and oxygen atoms in total. The molecule has 0 unspecified atom stereocenters. The zero-order valence-corrected chi connectivity index (χ0v) is 14.5. The molecular weight excluding hydrogens is 340 g/mol. The van der Waals surface area contributed by atoms with Crippen LogP contribution in [0.25, 0.3) is 0 Å². The van der Waals surface area contributed by atoms with Gasteiger partial charge in [-0.3, -0.25) is 9.59 Å². The molecule has 0 aromatic heterocycles. The van der Waals surface area contributed by atoms with Crippen molar-refractivity contribution in [2.24, 2.45) is 0 Å². The number of benzene rings is 2. The normalized spacial score (nSPS) is 9.96. The number of halogens is 1. The Hall–Kier alpha value is -2.84. The number of ether oxygens (including phenoxy) is 1. The number of hydrogen-bond acceptors (Lipinski definition) is 4. The maximum Gasteiger partial charge on any atom is 0.291 e. The molecule has 128 valence electrons. The van der Waals surface area contributed by atoms with Crippen LogP contribution in [0.1, 0.15) is 24.0 Å². The second-order valence-corrected chi connectivity index (χ2v) is 5.79. The van der Waals surface area contributed by atoms with Gasteiger partial charge in [-0.15, -0.1) is 0 Å². The average Bonchev–Trinajstić information content (AvgIpc) is 2.63. The smallest absolute Gasteiger partial charge is 0.291 e. The van der Waals surface area contributed by atoms with Crippen molar-refractivity contribution in [1.82, 2.24) is 0 Å². The van der Waals surface area contributed by atoms with E-state index in [1.54, 1.807) is 13.2 Å². The van der Waals surface area contributed by atoms with E-state index in [2.05, 4.69) is 5.32 Å². The van der Waals surface area contributed by atoms with Gasteiger partial charge in [-0.25, -0.2) is 0 Å². The van der Waals surface area contributed by atoms with Crippen molar-refractivity contribution in [1.29, 1.82) is 5.26 Å². The van der Waals surface area contributed by atoms with Crippen LogP contribution in [0.5, 0.6) is 5.75 Å². The molecule has 0 bridgehead atoms. The summed E-state index contributed by atoms with van der Waals surface area (Å²) in [6.07, 6.45) is 1.42. The number of nitrogens with zero attached hydrogens (tertiary/aromatic N) is 1. The third-order valence-corrected chi connectivity index (χ3v) is 3.96. The van der Waals surface area contributed by atoms with E-state index in [0.717, 1.165) is 11.3 Å². The highest BCUT2D eigenvalue weighted by atomic mass is 35.5. The lowest BCUT2D eigenvalue weighted by atomic mass is 10.1. The maximum atomic E-state index is 11.9. The first-order valence-electron chi connectivity index (χ1n) is 7.70. The Kier molecular flexibility index (Phi) is 6.55. The van der Waals surface area contributed by atoms with E-state index in [4.69, 9.17) is 21.6 Å². The summed E-state index contributed by atoms with van der Waals surface area (Å²) in [6.45, 7) is 0. The van der Waals surface area contributed by atoms with Gasteiger partial charge in [-0.2, -0.15) is 5.26 Å². The largest absolute Gasteiger partial charge is 0.497 e. The Morgan fingerprint density at radius 1 is 1.20 bits per heavy atom. The van der Waals surface area contributed by atoms with E-state index in [1.165, 1.54) is 12.1 Å². The summed E-state index contributed by atoms with van der Waals surface area (Å²) in [7, 11) is 1.60. The Labute approximate surface area is 151 Å². The first-order chi connectivity index (χ1) is 12.0. The molecule has 2 aromatic carbocycles. The number of carbonyl (C=O) groups excluding carboxylic acids is 2. The van der Waals surface area contributed by atoms with Crippen molar-refractivity contribution in [3.05, 3.63) is 58.6 Å². The van der Waals surface area contributed by atoms with E-state index >= 15 is 0 Å². The molecule has 25 heavy (non-hydrogen) atoms. The molecule has 0 radical (unpaired) electrons. The average molecular weight is 357 g/mol. The van der Waals surface area contributed by atoms with Crippen LogP contribution < -0.4 is 10.1 Å². The molecular formula is C19H17ClN2O3.